The van der Waals surface area contributed by atoms with Crippen LogP contribution in [0.4, 0.5) is 0 Å². The third-order valence-corrected chi connectivity index (χ3v) is 4.46. The van der Waals surface area contributed by atoms with Gasteiger partial charge in [-0.2, -0.15) is 0 Å². The number of phenolic OH excluding ortho intramolecular Hbond substituents is 1. The molecule has 4 nitrogen and oxygen atoms in total. The lowest BCUT2D eigenvalue weighted by Crippen LogP contribution is -2.42. The fourth-order valence-electron chi connectivity index (χ4n) is 3.10. The van der Waals surface area contributed by atoms with E-state index < -0.39 is 0 Å². The number of hydrogen-bond donors (Lipinski definition) is 2. The largest absolute Gasteiger partial charge is 0.508 e. The summed E-state index contributed by atoms with van der Waals surface area (Å²) in [5, 5.41) is 12.2. The van der Waals surface area contributed by atoms with Crippen LogP contribution in [-0.2, 0) is 24.1 Å². The Labute approximate surface area is 142 Å². The molecule has 1 aliphatic rings. The molecule has 0 bridgehead atoms. The fraction of sp³-hybridized carbons (Fsp3) is 0.350. The lowest BCUT2D eigenvalue weighted by molar-refractivity contribution is -0.120. The predicted octanol–water partition coefficient (Wildman–Crippen LogP) is 3.01. The molecule has 2 atom stereocenters. The lowest BCUT2D eigenvalue weighted by Gasteiger charge is -2.19. The van der Waals surface area contributed by atoms with Gasteiger partial charge in [0.05, 0.1) is 6.04 Å². The van der Waals surface area contributed by atoms with Gasteiger partial charge in [0.25, 0.3) is 0 Å². The van der Waals surface area contributed by atoms with Gasteiger partial charge in [-0.05, 0) is 54.7 Å². The molecule has 0 saturated heterocycles. The van der Waals surface area contributed by atoms with E-state index in [1.807, 2.05) is 19.1 Å². The topological polar surface area (TPSA) is 58.6 Å². The van der Waals surface area contributed by atoms with Crippen LogP contribution >= 0.6 is 0 Å². The Morgan fingerprint density at radius 1 is 1.21 bits per heavy atom. The van der Waals surface area contributed by atoms with E-state index in [0.717, 1.165) is 25.0 Å². The molecule has 126 valence electrons. The molecule has 3 rings (SSSR count). The number of hydrogen-bond acceptors (Lipinski definition) is 3. The molecule has 0 radical (unpaired) electrons. The summed E-state index contributed by atoms with van der Waals surface area (Å²) in [4.78, 5) is 11.2. The maximum Gasteiger partial charge on any atom is 0.217 e. The number of rotatable bonds is 5. The monoisotopic (exact) mass is 325 g/mol. The van der Waals surface area contributed by atoms with Crippen LogP contribution in [0, 0.1) is 0 Å². The second kappa shape index (κ2) is 6.95. The van der Waals surface area contributed by atoms with Gasteiger partial charge in [0.15, 0.2) is 0 Å². The van der Waals surface area contributed by atoms with Crippen LogP contribution in [0.25, 0.3) is 0 Å². The van der Waals surface area contributed by atoms with Crippen LogP contribution < -0.4 is 10.1 Å². The minimum atomic E-state index is -0.0309. The summed E-state index contributed by atoms with van der Waals surface area (Å²) in [5.41, 5.74) is 3.63. The highest BCUT2D eigenvalue weighted by atomic mass is 16.5. The first-order valence-corrected chi connectivity index (χ1v) is 8.35. The SMILES string of the molecule is CC(=O)N[C@H](C)[C@H]1Cc2ccc(CCc3ccc(O)cc3)cc2O1. The van der Waals surface area contributed by atoms with Crippen LogP contribution in [-0.4, -0.2) is 23.2 Å². The highest BCUT2D eigenvalue weighted by Crippen LogP contribution is 2.31. The molecule has 0 spiro atoms. The van der Waals surface area contributed by atoms with E-state index in [1.54, 1.807) is 12.1 Å². The molecule has 24 heavy (non-hydrogen) atoms. The van der Waals surface area contributed by atoms with Crippen molar-refractivity contribution in [1.82, 2.24) is 5.32 Å². The van der Waals surface area contributed by atoms with E-state index in [-0.39, 0.29) is 18.1 Å². The average molecular weight is 325 g/mol. The molecule has 0 unspecified atom stereocenters. The van der Waals surface area contributed by atoms with Gasteiger partial charge < -0.3 is 15.2 Å². The van der Waals surface area contributed by atoms with E-state index in [1.165, 1.54) is 23.6 Å². The highest BCUT2D eigenvalue weighted by molar-refractivity contribution is 5.73. The summed E-state index contributed by atoms with van der Waals surface area (Å²) < 4.78 is 6.03. The van der Waals surface area contributed by atoms with Gasteiger partial charge in [-0.3, -0.25) is 4.79 Å². The Morgan fingerprint density at radius 3 is 2.58 bits per heavy atom. The molecular formula is C20H23NO3. The van der Waals surface area contributed by atoms with E-state index in [9.17, 15) is 9.90 Å². The first kappa shape index (κ1) is 16.4. The maximum absolute atomic E-state index is 11.2. The zero-order chi connectivity index (χ0) is 17.1. The number of aromatic hydroxyl groups is 1. The molecular weight excluding hydrogens is 302 g/mol. The maximum atomic E-state index is 11.2. The average Bonchev–Trinajstić information content (AvgIpc) is 2.97. The third-order valence-electron chi connectivity index (χ3n) is 4.46. The third kappa shape index (κ3) is 3.88. The van der Waals surface area contributed by atoms with Crippen LogP contribution in [0.1, 0.15) is 30.5 Å². The number of carbonyl (C=O) groups excluding carboxylic acids is 1. The van der Waals surface area contributed by atoms with Crippen LogP contribution in [0.15, 0.2) is 42.5 Å². The number of amides is 1. The Morgan fingerprint density at radius 2 is 1.88 bits per heavy atom. The molecule has 0 fully saturated rings. The first-order valence-electron chi connectivity index (χ1n) is 8.35. The number of benzene rings is 2. The van der Waals surface area contributed by atoms with Crippen molar-refractivity contribution in [2.45, 2.75) is 45.3 Å². The number of fused-ring (bicyclic) bond motifs is 1. The first-order chi connectivity index (χ1) is 11.5. The summed E-state index contributed by atoms with van der Waals surface area (Å²) in [6, 6.07) is 13.7. The van der Waals surface area contributed by atoms with Gasteiger partial charge in [0.1, 0.15) is 17.6 Å². The van der Waals surface area contributed by atoms with Crippen molar-refractivity contribution >= 4 is 5.91 Å². The molecule has 0 aliphatic carbocycles. The summed E-state index contributed by atoms with van der Waals surface area (Å²) in [6.45, 7) is 3.50. The van der Waals surface area contributed by atoms with Gasteiger partial charge in [0, 0.05) is 13.3 Å². The van der Waals surface area contributed by atoms with Gasteiger partial charge in [-0.25, -0.2) is 0 Å². The zero-order valence-electron chi connectivity index (χ0n) is 14.1. The molecule has 2 aromatic carbocycles. The van der Waals surface area contributed by atoms with Crippen molar-refractivity contribution in [1.29, 1.82) is 0 Å². The van der Waals surface area contributed by atoms with Crippen molar-refractivity contribution in [2.24, 2.45) is 0 Å². The van der Waals surface area contributed by atoms with Crippen LogP contribution in [0.5, 0.6) is 11.5 Å². The zero-order valence-corrected chi connectivity index (χ0v) is 14.1. The second-order valence-electron chi connectivity index (χ2n) is 6.46. The Balaban J connectivity index is 1.62. The van der Waals surface area contributed by atoms with E-state index in [2.05, 4.69) is 23.5 Å². The Kier molecular flexibility index (Phi) is 4.74. The van der Waals surface area contributed by atoms with Crippen LogP contribution in [0.3, 0.4) is 0 Å². The Hall–Kier alpha value is -2.49. The summed E-state index contributed by atoms with van der Waals surface area (Å²) in [7, 11) is 0. The van der Waals surface area contributed by atoms with E-state index in [4.69, 9.17) is 4.74 Å². The summed E-state index contributed by atoms with van der Waals surface area (Å²) >= 11 is 0. The van der Waals surface area contributed by atoms with Crippen molar-refractivity contribution in [2.75, 3.05) is 0 Å². The standard InChI is InChI=1S/C20H23NO3/c1-13(21-14(2)22)19-12-17-8-5-16(11-20(17)24-19)4-3-15-6-9-18(23)10-7-15/h5-11,13,19,23H,3-4,12H2,1-2H3,(H,21,22)/t13-,19-/m1/s1. The van der Waals surface area contributed by atoms with Gasteiger partial charge in [0.2, 0.25) is 5.91 Å². The summed E-state index contributed by atoms with van der Waals surface area (Å²) in [5.74, 6) is 1.20. The van der Waals surface area contributed by atoms with Gasteiger partial charge >= 0.3 is 0 Å². The number of aryl methyl sites for hydroxylation is 2. The molecule has 2 aromatic rings. The quantitative estimate of drug-likeness (QED) is 0.888. The number of ether oxygens (including phenoxy) is 1. The van der Waals surface area contributed by atoms with Crippen molar-refractivity contribution in [3.05, 3.63) is 59.2 Å². The normalized spacial score (nSPS) is 17.0. The smallest absolute Gasteiger partial charge is 0.217 e. The second-order valence-corrected chi connectivity index (χ2v) is 6.46. The number of nitrogens with one attached hydrogen (secondary N) is 1. The number of carbonyl (C=O) groups is 1. The lowest BCUT2D eigenvalue weighted by atomic mass is 10.0. The minimum absolute atomic E-state index is 0.00347. The van der Waals surface area contributed by atoms with Crippen molar-refractivity contribution < 1.29 is 14.6 Å². The summed E-state index contributed by atoms with van der Waals surface area (Å²) in [6.07, 6.45) is 2.67. The van der Waals surface area contributed by atoms with E-state index >= 15 is 0 Å². The van der Waals surface area contributed by atoms with Crippen molar-refractivity contribution in [3.63, 3.8) is 0 Å². The molecule has 1 heterocycles. The molecule has 0 saturated carbocycles. The van der Waals surface area contributed by atoms with Crippen LogP contribution in [0.2, 0.25) is 0 Å². The van der Waals surface area contributed by atoms with Gasteiger partial charge in [-0.15, -0.1) is 0 Å². The molecule has 4 heteroatoms. The highest BCUT2D eigenvalue weighted by Gasteiger charge is 2.28. The molecule has 2 N–H and O–H groups in total. The van der Waals surface area contributed by atoms with Gasteiger partial charge in [-0.1, -0.05) is 24.3 Å². The van der Waals surface area contributed by atoms with Crippen molar-refractivity contribution in [3.8, 4) is 11.5 Å². The number of phenols is 1. The van der Waals surface area contributed by atoms with E-state index in [0.29, 0.717) is 5.75 Å². The molecule has 1 aliphatic heterocycles. The molecule has 1 amide bonds. The fourth-order valence-corrected chi connectivity index (χ4v) is 3.10. The predicted molar refractivity (Wildman–Crippen MR) is 93.4 cm³/mol. The molecule has 0 aromatic heterocycles. The Bertz CT molecular complexity index is 724. The minimum Gasteiger partial charge on any atom is -0.508 e.